The Bertz CT molecular complexity index is 1100. The first-order valence-corrected chi connectivity index (χ1v) is 14.7. The molecule has 0 bridgehead atoms. The quantitative estimate of drug-likeness (QED) is 0.0419. The van der Waals surface area contributed by atoms with Gasteiger partial charge in [-0.15, -0.1) is 0 Å². The topological polar surface area (TPSA) is 326 Å². The summed E-state index contributed by atoms with van der Waals surface area (Å²) in [7, 11) is -10.4. The van der Waals surface area contributed by atoms with Crippen molar-refractivity contribution >= 4 is 32.7 Å². The normalized spacial score (nSPS) is 35.3. The van der Waals surface area contributed by atoms with Crippen molar-refractivity contribution in [1.29, 1.82) is 0 Å². The summed E-state index contributed by atoms with van der Waals surface area (Å²) in [5, 5.41) is 55.3. The van der Waals surface area contributed by atoms with Gasteiger partial charge in [-0.3, -0.25) is 14.1 Å². The highest BCUT2D eigenvalue weighted by molar-refractivity contribution is 7.81. The summed E-state index contributed by atoms with van der Waals surface area (Å²) in [5.41, 5.74) is 5.39. The number of carbonyl (C=O) groups is 1. The van der Waals surface area contributed by atoms with E-state index in [4.69, 9.17) is 29.2 Å². The Morgan fingerprint density at radius 1 is 0.927 bits per heavy atom. The van der Waals surface area contributed by atoms with E-state index in [-0.39, 0.29) is 6.61 Å². The number of hydrogen-bond acceptors (Lipinski definition) is 18. The number of unbranched alkanes of at least 4 members (excludes halogenated alkanes) is 2. The lowest BCUT2D eigenvalue weighted by atomic mass is 9.95. The van der Waals surface area contributed by atoms with Gasteiger partial charge < -0.3 is 55.0 Å². The Morgan fingerprint density at radius 2 is 1.59 bits per heavy atom. The van der Waals surface area contributed by atoms with E-state index in [2.05, 4.69) is 13.4 Å². The molecule has 0 unspecified atom stereocenters. The second kappa shape index (κ2) is 15.2. The van der Waals surface area contributed by atoms with Crippen LogP contribution in [0.4, 0.5) is 0 Å². The van der Waals surface area contributed by atoms with E-state index in [1.54, 1.807) is 0 Å². The number of nitrogens with zero attached hydrogens (tertiary/aromatic N) is 1. The van der Waals surface area contributed by atoms with Crippen LogP contribution in [0.3, 0.4) is 0 Å². The van der Waals surface area contributed by atoms with E-state index in [1.165, 1.54) is 0 Å². The van der Waals surface area contributed by atoms with E-state index in [9.17, 15) is 51.7 Å². The van der Waals surface area contributed by atoms with Gasteiger partial charge >= 0.3 is 20.8 Å². The predicted octanol–water partition coefficient (Wildman–Crippen LogP) is -6.05. The number of carboxylic acid groups (broad SMARTS) is 1. The Balaban J connectivity index is 2.39. The van der Waals surface area contributed by atoms with E-state index >= 15 is 0 Å². The Kier molecular flexibility index (Phi) is 13.2. The molecule has 10 atom stereocenters. The number of aliphatic hydroxyl groups excluding tert-OH is 3. The van der Waals surface area contributed by atoms with E-state index < -0.39 is 101 Å². The molecule has 2 aliphatic rings. The van der Waals surface area contributed by atoms with Crippen molar-refractivity contribution in [3.63, 3.8) is 0 Å². The monoisotopic (exact) mass is 640 g/mol. The molecule has 240 valence electrons. The van der Waals surface area contributed by atoms with E-state index in [0.29, 0.717) is 25.8 Å². The molecular weight excluding hydrogens is 608 g/mol. The molecule has 0 saturated carbocycles. The van der Waals surface area contributed by atoms with Crippen molar-refractivity contribution in [1.82, 2.24) is 0 Å². The van der Waals surface area contributed by atoms with Crippen molar-refractivity contribution in [2.24, 2.45) is 10.7 Å². The maximum atomic E-state index is 11.9. The minimum atomic E-state index is -5.32. The third-order valence-electron chi connectivity index (χ3n) is 5.79. The molecule has 41 heavy (non-hydrogen) atoms. The number of aliphatic carboxylic acids is 1. The van der Waals surface area contributed by atoms with Crippen molar-refractivity contribution < 1.29 is 83.6 Å². The molecule has 2 aliphatic heterocycles. The predicted molar refractivity (Wildman–Crippen MR) is 125 cm³/mol. The minimum Gasteiger partial charge on any atom is -0.862 e. The number of nitrogens with two attached hydrogens (primary N) is 1. The minimum absolute atomic E-state index is 0.154. The lowest BCUT2D eigenvalue weighted by Crippen LogP contribution is -2.67. The zero-order chi connectivity index (χ0) is 31.1. The first-order valence-electron chi connectivity index (χ1n) is 12.0. The second-order valence-corrected chi connectivity index (χ2v) is 11.1. The molecule has 2 rings (SSSR count). The van der Waals surface area contributed by atoms with E-state index in [1.807, 2.05) is 0 Å². The molecule has 22 heteroatoms. The summed E-state index contributed by atoms with van der Waals surface area (Å²) in [6.07, 6.45) is -17.3. The van der Waals surface area contributed by atoms with Crippen LogP contribution in [0.5, 0.6) is 0 Å². The zero-order valence-corrected chi connectivity index (χ0v) is 23.0. The van der Waals surface area contributed by atoms with Gasteiger partial charge in [0.15, 0.2) is 18.7 Å². The number of hydrogen-bond donors (Lipinski definition) is 6. The maximum Gasteiger partial charge on any atom is 0.397 e. The van der Waals surface area contributed by atoms with Crippen LogP contribution in [0.15, 0.2) is 4.99 Å². The largest absolute Gasteiger partial charge is 0.862 e. The number of ether oxygens (including phenoxy) is 4. The summed E-state index contributed by atoms with van der Waals surface area (Å²) in [6, 6.07) is -1.84. The molecule has 0 aromatic heterocycles. The summed E-state index contributed by atoms with van der Waals surface area (Å²) < 4.78 is 92.8. The Morgan fingerprint density at radius 3 is 2.12 bits per heavy atom. The van der Waals surface area contributed by atoms with Crippen LogP contribution in [0, 0.1) is 0 Å². The highest BCUT2D eigenvalue weighted by Gasteiger charge is 2.53. The van der Waals surface area contributed by atoms with Gasteiger partial charge in [0, 0.05) is 6.61 Å². The molecule has 2 fully saturated rings. The molecule has 0 radical (unpaired) electrons. The lowest BCUT2D eigenvalue weighted by molar-refractivity contribution is -0.366. The van der Waals surface area contributed by atoms with Crippen molar-refractivity contribution in [3.8, 4) is 0 Å². The highest BCUT2D eigenvalue weighted by Crippen LogP contribution is 2.32. The van der Waals surface area contributed by atoms with Gasteiger partial charge in [0.25, 0.3) is 0 Å². The maximum absolute atomic E-state index is 11.9. The standard InChI is InChI=1S/C19H34N2O18S2/c1-8(22)21-10-12(24)11(23)9(7-35-40(28,29)30)36-18(10)37-14-13(25)15(39-41(31,32)33)19(38-16(14)17(26)27)34-6-4-2-3-5-20/h9-16,18-19,23-25H,2-7,20H2,1H3,(H,21,22)(H,26,27)(H,28,29,30)(H,31,32,33)/p-2/t9-,10-,11-,12-,13+,14+,15-,16-,18-,19-/m1/s1. The van der Waals surface area contributed by atoms with Gasteiger partial charge in [-0.2, -0.15) is 16.8 Å². The third kappa shape index (κ3) is 10.9. The molecule has 0 aromatic carbocycles. The van der Waals surface area contributed by atoms with Crippen molar-refractivity contribution in [2.45, 2.75) is 87.5 Å². The third-order valence-corrected chi connectivity index (χ3v) is 6.69. The fourth-order valence-corrected chi connectivity index (χ4v) is 4.78. The number of aliphatic imine (C=N–C) groups is 1. The van der Waals surface area contributed by atoms with E-state index in [0.717, 1.165) is 6.92 Å². The van der Waals surface area contributed by atoms with Crippen molar-refractivity contribution in [2.75, 3.05) is 19.8 Å². The fraction of sp³-hybridized carbons (Fsp3) is 0.895. The molecule has 0 amide bonds. The average molecular weight is 641 g/mol. The van der Waals surface area contributed by atoms with Crippen LogP contribution >= 0.6 is 0 Å². The Labute approximate surface area is 234 Å². The number of aliphatic hydroxyl groups is 3. The number of carbonyl (C=O) groups excluding carboxylic acids is 1. The van der Waals surface area contributed by atoms with Gasteiger partial charge in [-0.1, -0.05) is 0 Å². The van der Waals surface area contributed by atoms with Gasteiger partial charge in [0.1, 0.15) is 42.7 Å². The molecule has 0 aromatic rings. The van der Waals surface area contributed by atoms with Crippen LogP contribution in [0.2, 0.25) is 0 Å². The Hall–Kier alpha value is -1.64. The van der Waals surface area contributed by atoms with Crippen molar-refractivity contribution in [3.05, 3.63) is 0 Å². The molecule has 20 nitrogen and oxygen atoms in total. The SMILES string of the molecule is CC([O-])=N[C@H]1[C@@H](O[C@H]2[C@H](O)[C@@H](OS(=O)(=O)O)[C@H](OCCCCCN)O[C@H]2C(=O)[O-])O[C@H](COS(=O)(=O)O)[C@@H](O)[C@@H]1O. The summed E-state index contributed by atoms with van der Waals surface area (Å²) in [6.45, 7) is 0.0238. The highest BCUT2D eigenvalue weighted by atomic mass is 32.3. The number of rotatable bonds is 15. The molecule has 7 N–H and O–H groups in total. The summed E-state index contributed by atoms with van der Waals surface area (Å²) in [5.74, 6) is -2.97. The number of carboxylic acids is 1. The van der Waals surface area contributed by atoms with Gasteiger partial charge in [-0.05, 0) is 38.6 Å². The molecule has 2 saturated heterocycles. The molecule has 0 spiro atoms. The fourth-order valence-electron chi connectivity index (χ4n) is 3.99. The van der Waals surface area contributed by atoms with Gasteiger partial charge in [0.2, 0.25) is 0 Å². The zero-order valence-electron chi connectivity index (χ0n) is 21.4. The summed E-state index contributed by atoms with van der Waals surface area (Å²) >= 11 is 0. The first kappa shape index (κ1) is 35.6. The molecule has 2 heterocycles. The van der Waals surface area contributed by atoms with Crippen LogP contribution < -0.4 is 15.9 Å². The first-order chi connectivity index (χ1) is 18.9. The molecular formula is C19H32N2O18S2-2. The van der Waals surface area contributed by atoms with Crippen LogP contribution in [0.1, 0.15) is 26.2 Å². The van der Waals surface area contributed by atoms with Gasteiger partial charge in [0.05, 0.1) is 12.6 Å². The smallest absolute Gasteiger partial charge is 0.397 e. The molecule has 0 aliphatic carbocycles. The van der Waals surface area contributed by atoms with Crippen LogP contribution in [0.25, 0.3) is 0 Å². The lowest BCUT2D eigenvalue weighted by Gasteiger charge is -2.47. The van der Waals surface area contributed by atoms with Crippen LogP contribution in [-0.4, -0.2) is 134 Å². The second-order valence-electron chi connectivity index (χ2n) is 8.92. The van der Waals surface area contributed by atoms with Gasteiger partial charge in [-0.25, -0.2) is 8.37 Å². The average Bonchev–Trinajstić information content (AvgIpc) is 2.84. The summed E-state index contributed by atoms with van der Waals surface area (Å²) in [4.78, 5) is 15.4. The van der Waals surface area contributed by atoms with Crippen LogP contribution in [-0.2, 0) is 52.9 Å².